The molecule has 0 aliphatic carbocycles. The molecule has 0 aromatic heterocycles. The second-order valence-electron chi connectivity index (χ2n) is 4.82. The first-order chi connectivity index (χ1) is 7.49. The van der Waals surface area contributed by atoms with Crippen LogP contribution >= 0.6 is 0 Å². The summed E-state index contributed by atoms with van der Waals surface area (Å²) in [5, 5.41) is 8.87. The van der Waals surface area contributed by atoms with E-state index in [4.69, 9.17) is 5.26 Å². The Labute approximate surface area is 93.0 Å². The summed E-state index contributed by atoms with van der Waals surface area (Å²) in [6.45, 7) is -0.805. The summed E-state index contributed by atoms with van der Waals surface area (Å²) in [5.74, 6) is -0.0419. The zero-order valence-corrected chi connectivity index (χ0v) is 9.00. The molecule has 0 spiro atoms. The van der Waals surface area contributed by atoms with Gasteiger partial charge < -0.3 is 0 Å². The van der Waals surface area contributed by atoms with Gasteiger partial charge in [-0.15, -0.1) is 0 Å². The van der Waals surface area contributed by atoms with Crippen LogP contribution < -0.4 is 0 Å². The van der Waals surface area contributed by atoms with Gasteiger partial charge in [-0.1, -0.05) is 6.42 Å². The quantitative estimate of drug-likeness (QED) is 0.695. The van der Waals surface area contributed by atoms with E-state index in [1.165, 1.54) is 0 Å². The fourth-order valence-electron chi connectivity index (χ4n) is 3.05. The van der Waals surface area contributed by atoms with E-state index in [1.54, 1.807) is 4.90 Å². The Bertz CT molecular complexity index is 281. The molecular weight excluding hydrogens is 217 g/mol. The third-order valence-corrected chi connectivity index (χ3v) is 3.67. The highest BCUT2D eigenvalue weighted by molar-refractivity contribution is 4.99. The van der Waals surface area contributed by atoms with E-state index < -0.39 is 12.7 Å². The van der Waals surface area contributed by atoms with Crippen LogP contribution in [-0.4, -0.2) is 29.7 Å². The molecule has 2 bridgehead atoms. The SMILES string of the molecule is N#CC1C[C@H]2CCC[C@@H](C1)N2CC(F)(F)F. The second kappa shape index (κ2) is 4.25. The van der Waals surface area contributed by atoms with Gasteiger partial charge in [0.25, 0.3) is 0 Å². The molecule has 5 heteroatoms. The Morgan fingerprint density at radius 3 is 2.19 bits per heavy atom. The molecule has 0 radical (unpaired) electrons. The van der Waals surface area contributed by atoms with Gasteiger partial charge in [-0.2, -0.15) is 18.4 Å². The van der Waals surface area contributed by atoms with Gasteiger partial charge in [0.2, 0.25) is 0 Å². The molecule has 3 atom stereocenters. The maximum Gasteiger partial charge on any atom is 0.401 e. The highest BCUT2D eigenvalue weighted by Gasteiger charge is 2.43. The number of nitriles is 1. The maximum absolute atomic E-state index is 12.4. The molecule has 16 heavy (non-hydrogen) atoms. The lowest BCUT2D eigenvalue weighted by atomic mass is 9.79. The molecule has 2 fully saturated rings. The van der Waals surface area contributed by atoms with E-state index in [1.807, 2.05) is 0 Å². The van der Waals surface area contributed by atoms with Gasteiger partial charge >= 0.3 is 6.18 Å². The molecular formula is C11H15F3N2. The van der Waals surface area contributed by atoms with Crippen LogP contribution in [0.25, 0.3) is 0 Å². The summed E-state index contributed by atoms with van der Waals surface area (Å²) in [7, 11) is 0. The number of rotatable bonds is 1. The summed E-state index contributed by atoms with van der Waals surface area (Å²) in [5.41, 5.74) is 0. The smallest absolute Gasteiger partial charge is 0.289 e. The molecule has 2 saturated heterocycles. The lowest BCUT2D eigenvalue weighted by molar-refractivity contribution is -0.166. The molecule has 0 aromatic carbocycles. The van der Waals surface area contributed by atoms with Gasteiger partial charge in [-0.05, 0) is 25.7 Å². The lowest BCUT2D eigenvalue weighted by Crippen LogP contribution is -2.54. The summed E-state index contributed by atoms with van der Waals surface area (Å²) >= 11 is 0. The number of alkyl halides is 3. The van der Waals surface area contributed by atoms with Crippen LogP contribution in [0.5, 0.6) is 0 Å². The van der Waals surface area contributed by atoms with Gasteiger partial charge in [0, 0.05) is 18.0 Å². The van der Waals surface area contributed by atoms with Gasteiger partial charge in [-0.3, -0.25) is 4.90 Å². The van der Waals surface area contributed by atoms with E-state index in [2.05, 4.69) is 6.07 Å². The van der Waals surface area contributed by atoms with Crippen molar-refractivity contribution in [1.82, 2.24) is 4.90 Å². The third kappa shape index (κ3) is 2.49. The Hall–Kier alpha value is -0.760. The normalized spacial score (nSPS) is 35.8. The van der Waals surface area contributed by atoms with Crippen LogP contribution in [0.3, 0.4) is 0 Å². The monoisotopic (exact) mass is 232 g/mol. The minimum absolute atomic E-state index is 0.0289. The zero-order chi connectivity index (χ0) is 11.8. The third-order valence-electron chi connectivity index (χ3n) is 3.67. The van der Waals surface area contributed by atoms with E-state index in [0.717, 1.165) is 19.3 Å². The number of nitrogens with zero attached hydrogens (tertiary/aromatic N) is 2. The molecule has 0 saturated carbocycles. The zero-order valence-electron chi connectivity index (χ0n) is 9.00. The van der Waals surface area contributed by atoms with Crippen LogP contribution in [-0.2, 0) is 0 Å². The first-order valence-electron chi connectivity index (χ1n) is 5.71. The lowest BCUT2D eigenvalue weighted by Gasteiger charge is -2.47. The molecule has 2 heterocycles. The number of hydrogen-bond donors (Lipinski definition) is 0. The van der Waals surface area contributed by atoms with E-state index in [-0.39, 0.29) is 18.0 Å². The molecule has 0 aromatic rings. The Morgan fingerprint density at radius 1 is 1.19 bits per heavy atom. The molecule has 0 N–H and O–H groups in total. The fraction of sp³-hybridized carbons (Fsp3) is 0.909. The summed E-state index contributed by atoms with van der Waals surface area (Å²) in [4.78, 5) is 1.58. The summed E-state index contributed by atoms with van der Waals surface area (Å²) < 4.78 is 37.3. The van der Waals surface area contributed by atoms with Crippen molar-refractivity contribution in [2.24, 2.45) is 5.92 Å². The van der Waals surface area contributed by atoms with Crippen molar-refractivity contribution in [3.8, 4) is 6.07 Å². The van der Waals surface area contributed by atoms with Crippen molar-refractivity contribution in [3.05, 3.63) is 0 Å². The number of piperidine rings is 2. The first kappa shape index (κ1) is 11.7. The van der Waals surface area contributed by atoms with Crippen molar-refractivity contribution in [1.29, 1.82) is 5.26 Å². The summed E-state index contributed by atoms with van der Waals surface area (Å²) in [6.07, 6.45) is -0.267. The predicted octanol–water partition coefficient (Wildman–Crippen LogP) is 2.71. The van der Waals surface area contributed by atoms with Crippen LogP contribution in [0.2, 0.25) is 0 Å². The minimum atomic E-state index is -4.12. The summed E-state index contributed by atoms with van der Waals surface area (Å²) in [6, 6.07) is 2.15. The number of halogens is 3. The first-order valence-corrected chi connectivity index (χ1v) is 5.71. The minimum Gasteiger partial charge on any atom is -0.289 e. The molecule has 2 aliphatic heterocycles. The van der Waals surface area contributed by atoms with Crippen LogP contribution in [0.15, 0.2) is 0 Å². The topological polar surface area (TPSA) is 27.0 Å². The van der Waals surface area contributed by atoms with Gasteiger partial charge in [-0.25, -0.2) is 0 Å². The molecule has 1 unspecified atom stereocenters. The van der Waals surface area contributed by atoms with Crippen molar-refractivity contribution in [2.45, 2.75) is 50.4 Å². The largest absolute Gasteiger partial charge is 0.401 e. The van der Waals surface area contributed by atoms with Crippen molar-refractivity contribution in [2.75, 3.05) is 6.54 Å². The predicted molar refractivity (Wildman–Crippen MR) is 52.5 cm³/mol. The van der Waals surface area contributed by atoms with Crippen LogP contribution in [0.4, 0.5) is 13.2 Å². The van der Waals surface area contributed by atoms with Gasteiger partial charge in [0.05, 0.1) is 12.6 Å². The Kier molecular flexibility index (Phi) is 3.11. The van der Waals surface area contributed by atoms with Crippen molar-refractivity contribution < 1.29 is 13.2 Å². The van der Waals surface area contributed by atoms with Crippen molar-refractivity contribution in [3.63, 3.8) is 0 Å². The second-order valence-corrected chi connectivity index (χ2v) is 4.82. The molecule has 2 nitrogen and oxygen atoms in total. The van der Waals surface area contributed by atoms with Crippen LogP contribution in [0.1, 0.15) is 32.1 Å². The van der Waals surface area contributed by atoms with Gasteiger partial charge in [0.1, 0.15) is 0 Å². The standard InChI is InChI=1S/C11H15F3N2/c12-11(13,14)7-16-9-2-1-3-10(16)5-8(4-9)6-15/h8-10H,1-5,7H2/t8?,9-,10+. The highest BCUT2D eigenvalue weighted by atomic mass is 19.4. The molecule has 2 aliphatic rings. The Morgan fingerprint density at radius 2 is 1.75 bits per heavy atom. The molecule has 90 valence electrons. The van der Waals surface area contributed by atoms with E-state index in [9.17, 15) is 13.2 Å². The van der Waals surface area contributed by atoms with Crippen molar-refractivity contribution >= 4 is 0 Å². The molecule has 0 amide bonds. The number of fused-ring (bicyclic) bond motifs is 2. The average Bonchev–Trinajstić information content (AvgIpc) is 2.14. The Balaban J connectivity index is 2.07. The fourth-order valence-corrected chi connectivity index (χ4v) is 3.05. The van der Waals surface area contributed by atoms with E-state index >= 15 is 0 Å². The van der Waals surface area contributed by atoms with Gasteiger partial charge in [0.15, 0.2) is 0 Å². The maximum atomic E-state index is 12.4. The highest BCUT2D eigenvalue weighted by Crippen LogP contribution is 2.38. The average molecular weight is 232 g/mol. The van der Waals surface area contributed by atoms with E-state index in [0.29, 0.717) is 12.8 Å². The molecule has 2 rings (SSSR count). The van der Waals surface area contributed by atoms with Crippen LogP contribution in [0, 0.1) is 17.2 Å². The number of hydrogen-bond acceptors (Lipinski definition) is 2.